The van der Waals surface area contributed by atoms with Gasteiger partial charge >= 0.3 is 0 Å². The number of fused-ring (bicyclic) bond motifs is 4. The molecule has 2 aliphatic carbocycles. The van der Waals surface area contributed by atoms with Crippen LogP contribution < -0.4 is 19.3 Å². The Labute approximate surface area is 500 Å². The average Bonchev–Trinajstić information content (AvgIpc) is 1.73. The fraction of sp³-hybridized carbons (Fsp3) is 0.306. The summed E-state index contributed by atoms with van der Waals surface area (Å²) in [5.74, 6) is -3.72. The molecule has 8 amide bonds. The minimum atomic E-state index is -0.585. The second kappa shape index (κ2) is 22.0. The molecule has 4 aliphatic heterocycles. The number of ether oxygens (including phenoxy) is 2. The number of benzene rings is 7. The van der Waals surface area contributed by atoms with Crippen molar-refractivity contribution in [2.24, 2.45) is 47.3 Å². The molecule has 14 nitrogen and oxygen atoms in total. The van der Waals surface area contributed by atoms with Crippen molar-refractivity contribution in [2.45, 2.75) is 78.1 Å². The number of anilines is 2. The van der Waals surface area contributed by atoms with Crippen LogP contribution in [0.2, 0.25) is 0 Å². The lowest BCUT2D eigenvalue weighted by Crippen LogP contribution is -2.35. The highest BCUT2D eigenvalue weighted by Crippen LogP contribution is 2.50. The predicted molar refractivity (Wildman–Crippen MR) is 325 cm³/mol. The first-order valence-electron chi connectivity index (χ1n) is 29.5. The molecule has 6 aliphatic rings. The summed E-state index contributed by atoms with van der Waals surface area (Å²) in [4.78, 5) is 108. The topological polar surface area (TPSA) is 168 Å². The number of nitrogens with zero attached hydrogens (tertiary/aromatic N) is 4. The molecule has 7 aromatic rings. The van der Waals surface area contributed by atoms with E-state index in [-0.39, 0.29) is 83.8 Å². The van der Waals surface area contributed by atoms with Crippen molar-refractivity contribution in [2.75, 3.05) is 23.9 Å². The predicted octanol–water partition coefficient (Wildman–Crippen LogP) is 12.2. The van der Waals surface area contributed by atoms with E-state index in [0.29, 0.717) is 22.9 Å². The van der Waals surface area contributed by atoms with Gasteiger partial charge in [-0.15, -0.1) is 0 Å². The highest BCUT2D eigenvalue weighted by Gasteiger charge is 2.61. The number of aryl methyl sites for hydroxylation is 2. The fourth-order valence-corrected chi connectivity index (χ4v) is 13.8. The molecule has 7 aromatic carbocycles. The van der Waals surface area contributed by atoms with Gasteiger partial charge in [-0.05, 0) is 146 Å². The minimum absolute atomic E-state index is 0.126. The summed E-state index contributed by atoms with van der Waals surface area (Å²) in [6.07, 6.45) is 0.974. The Hall–Kier alpha value is -9.30. The molecule has 0 spiro atoms. The van der Waals surface area contributed by atoms with Gasteiger partial charge in [-0.25, -0.2) is 0 Å². The molecule has 4 heterocycles. The number of carbonyl (C=O) groups excluding carboxylic acids is 8. The van der Waals surface area contributed by atoms with Crippen molar-refractivity contribution in [3.05, 3.63) is 203 Å². The van der Waals surface area contributed by atoms with Crippen LogP contribution >= 0.6 is 0 Å². The lowest BCUT2D eigenvalue weighted by molar-refractivity contribution is -0.139. The van der Waals surface area contributed by atoms with Gasteiger partial charge in [-0.3, -0.25) is 58.0 Å². The Bertz CT molecular complexity index is 3770. The molecule has 6 fully saturated rings. The van der Waals surface area contributed by atoms with E-state index >= 15 is 0 Å². The number of carbonyl (C=O) groups is 8. The van der Waals surface area contributed by atoms with Crippen molar-refractivity contribution in [1.29, 1.82) is 0 Å². The summed E-state index contributed by atoms with van der Waals surface area (Å²) >= 11 is 0. The van der Waals surface area contributed by atoms with Crippen molar-refractivity contribution in [1.82, 2.24) is 9.80 Å². The molecule has 8 unspecified atom stereocenters. The maximum Gasteiger partial charge on any atom is 0.237 e. The largest absolute Gasteiger partial charge is 0.457 e. The highest BCUT2D eigenvalue weighted by atomic mass is 16.5. The Morgan fingerprint density at radius 2 is 0.512 bits per heavy atom. The first-order chi connectivity index (χ1) is 41.1. The summed E-state index contributed by atoms with van der Waals surface area (Å²) in [6.45, 7) is 13.0. The molecule has 0 radical (unpaired) electrons. The number of imide groups is 4. The van der Waals surface area contributed by atoms with Crippen LogP contribution in [0.15, 0.2) is 170 Å². The van der Waals surface area contributed by atoms with Crippen LogP contribution in [0.25, 0.3) is 11.1 Å². The van der Waals surface area contributed by atoms with Gasteiger partial charge < -0.3 is 9.47 Å². The van der Waals surface area contributed by atoms with Crippen molar-refractivity contribution < 1.29 is 47.8 Å². The average molecular weight is 1150 g/mol. The van der Waals surface area contributed by atoms with Crippen LogP contribution in [-0.2, 0) is 49.2 Å². The van der Waals surface area contributed by atoms with Gasteiger partial charge in [0.25, 0.3) is 0 Å². The van der Waals surface area contributed by atoms with Crippen LogP contribution in [0.1, 0.15) is 86.8 Å². The Morgan fingerprint density at radius 1 is 0.302 bits per heavy atom. The monoisotopic (exact) mass is 1150 g/mol. The van der Waals surface area contributed by atoms with E-state index in [1.807, 2.05) is 104 Å². The lowest BCUT2D eigenvalue weighted by atomic mass is 9.70. The molecule has 4 saturated heterocycles. The van der Waals surface area contributed by atoms with Gasteiger partial charge in [0.15, 0.2) is 0 Å². The number of amides is 8. The van der Waals surface area contributed by atoms with Gasteiger partial charge in [0.05, 0.1) is 58.7 Å². The molecule has 0 aromatic heterocycles. The smallest absolute Gasteiger partial charge is 0.237 e. The number of hydrogen-bond donors (Lipinski definition) is 0. The Kier molecular flexibility index (Phi) is 14.6. The lowest BCUT2D eigenvalue weighted by Gasteiger charge is -2.30. The standard InChI is InChI=1S/C36H30N2O6.C36H38N2O4/c1-21-3-11-25(12-4-21)43-26-13-5-22(6-14-26)23-7-15-27(16-8-23)44-28-17-9-24(10-18-28)38-35(41)31-19-29-30(20-32(31)36(38)42)34(40)37(2)33(29)39;1-21-7-9-22(10-8-21)35(2,3)23-11-13-24(14-12-23)36(4,5)25-15-17-26(18-16-25)38-33(41)29-19-27-28(20-30(29)34(38)42)32(40)37(6)31(27)39/h3-18,29-32H,19-20H2,1-2H3;7-18,27-30H,19-20H2,1-6H3. The van der Waals surface area contributed by atoms with Crippen LogP contribution in [0.5, 0.6) is 23.0 Å². The van der Waals surface area contributed by atoms with E-state index in [2.05, 4.69) is 83.1 Å². The van der Waals surface area contributed by atoms with Crippen molar-refractivity contribution in [3.63, 3.8) is 0 Å². The number of rotatable bonds is 11. The van der Waals surface area contributed by atoms with Gasteiger partial charge in [-0.1, -0.05) is 136 Å². The third-order valence-electron chi connectivity index (χ3n) is 19.3. The third kappa shape index (κ3) is 10.1. The summed E-state index contributed by atoms with van der Waals surface area (Å²) < 4.78 is 12.0. The maximum atomic E-state index is 13.4. The zero-order valence-corrected chi connectivity index (χ0v) is 49.5. The second-order valence-corrected chi connectivity index (χ2v) is 25.1. The fourth-order valence-electron chi connectivity index (χ4n) is 13.8. The summed E-state index contributed by atoms with van der Waals surface area (Å²) in [5.41, 5.74) is 9.82. The summed E-state index contributed by atoms with van der Waals surface area (Å²) in [5, 5.41) is 0. The third-order valence-corrected chi connectivity index (χ3v) is 19.3. The van der Waals surface area contributed by atoms with Gasteiger partial charge in [0.1, 0.15) is 23.0 Å². The maximum absolute atomic E-state index is 13.4. The van der Waals surface area contributed by atoms with Crippen LogP contribution in [0, 0.1) is 61.2 Å². The zero-order chi connectivity index (χ0) is 60.7. The molecule has 13 rings (SSSR count). The van der Waals surface area contributed by atoms with E-state index in [0.717, 1.165) is 38.0 Å². The van der Waals surface area contributed by atoms with E-state index < -0.39 is 47.3 Å². The van der Waals surface area contributed by atoms with Gasteiger partial charge in [-0.2, -0.15) is 0 Å². The first kappa shape index (κ1) is 57.1. The van der Waals surface area contributed by atoms with E-state index in [4.69, 9.17) is 9.47 Å². The number of hydrogen-bond acceptors (Lipinski definition) is 10. The molecule has 0 bridgehead atoms. The zero-order valence-electron chi connectivity index (χ0n) is 49.5. The van der Waals surface area contributed by atoms with Crippen LogP contribution in [0.3, 0.4) is 0 Å². The molecular formula is C72H68N4O10. The van der Waals surface area contributed by atoms with Gasteiger partial charge in [0.2, 0.25) is 47.3 Å². The van der Waals surface area contributed by atoms with Crippen LogP contribution in [0.4, 0.5) is 11.4 Å². The quantitative estimate of drug-likeness (QED) is 0.114. The summed E-state index contributed by atoms with van der Waals surface area (Å²) in [7, 11) is 2.95. The minimum Gasteiger partial charge on any atom is -0.457 e. The van der Waals surface area contributed by atoms with E-state index in [1.54, 1.807) is 24.3 Å². The Balaban J connectivity index is 0.000000169. The van der Waals surface area contributed by atoms with Crippen molar-refractivity contribution in [3.8, 4) is 34.1 Å². The Morgan fingerprint density at radius 3 is 0.802 bits per heavy atom. The van der Waals surface area contributed by atoms with E-state index in [9.17, 15) is 38.4 Å². The molecule has 0 N–H and O–H groups in total. The number of likely N-dealkylation sites (tertiary alicyclic amines) is 2. The molecule has 2 saturated carbocycles. The SMILES string of the molecule is Cc1ccc(C(C)(C)c2ccc(C(C)(C)c3ccc(N4C(=O)C5CC6C(=O)N(C)C(=O)C6CC5C4=O)cc3)cc2)cc1.Cc1ccc(Oc2ccc(-c3ccc(Oc4ccc(N5C(=O)C6CC7C(=O)N(C)C(=O)C7CC6C5=O)cc4)cc3)cc2)cc1. The summed E-state index contributed by atoms with van der Waals surface area (Å²) in [6, 6.07) is 55.5. The van der Waals surface area contributed by atoms with E-state index in [1.165, 1.54) is 51.7 Å². The highest BCUT2D eigenvalue weighted by molar-refractivity contribution is 6.23. The van der Waals surface area contributed by atoms with Crippen molar-refractivity contribution >= 4 is 58.6 Å². The second-order valence-electron chi connectivity index (χ2n) is 25.1. The normalized spacial score (nSPS) is 23.5. The molecule has 14 heteroatoms. The molecule has 8 atom stereocenters. The molecule has 436 valence electrons. The molecular weight excluding hydrogens is 1080 g/mol. The van der Waals surface area contributed by atoms with Gasteiger partial charge in [0, 0.05) is 24.9 Å². The molecule has 86 heavy (non-hydrogen) atoms. The first-order valence-corrected chi connectivity index (χ1v) is 29.5. The van der Waals surface area contributed by atoms with Crippen LogP contribution in [-0.4, -0.2) is 71.2 Å².